The Kier molecular flexibility index (Phi) is 5.64. The lowest BCUT2D eigenvalue weighted by Gasteiger charge is -2.16. The molecule has 0 saturated heterocycles. The second kappa shape index (κ2) is 7.68. The molecule has 1 aliphatic rings. The maximum absolute atomic E-state index is 12.7. The fourth-order valence-corrected chi connectivity index (χ4v) is 3.56. The van der Waals surface area contributed by atoms with Crippen molar-refractivity contribution >= 4 is 42.1 Å². The van der Waals surface area contributed by atoms with Crippen LogP contribution in [0.3, 0.4) is 0 Å². The Morgan fingerprint density at radius 1 is 1.25 bits per heavy atom. The molecule has 12 heteroatoms. The monoisotopic (exact) mass is 478 g/mol. The molecule has 3 rings (SSSR count). The molecule has 0 radical (unpaired) electrons. The highest BCUT2D eigenvalue weighted by molar-refractivity contribution is 9.18. The second-order valence-corrected chi connectivity index (χ2v) is 8.58. The number of alkyl halides is 3. The van der Waals surface area contributed by atoms with Crippen LogP contribution in [-0.4, -0.2) is 25.1 Å². The van der Waals surface area contributed by atoms with Crippen molar-refractivity contribution in [3.8, 4) is 0 Å². The van der Waals surface area contributed by atoms with Gasteiger partial charge >= 0.3 is 6.18 Å². The minimum atomic E-state index is -4.44. The number of anilines is 2. The van der Waals surface area contributed by atoms with Crippen LogP contribution in [-0.2, 0) is 21.0 Å². The SMILES string of the molecule is CNS(=O)(=O)c1cnc(Nc2ccc(C(F)(F)F)cc2)c(C2CC(Br)=NO2)c1. The van der Waals surface area contributed by atoms with E-state index in [0.29, 0.717) is 22.3 Å². The summed E-state index contributed by atoms with van der Waals surface area (Å²) in [6.07, 6.45) is -3.54. The minimum Gasteiger partial charge on any atom is -0.386 e. The van der Waals surface area contributed by atoms with E-state index < -0.39 is 27.9 Å². The Hall–Kier alpha value is -2.18. The largest absolute Gasteiger partial charge is 0.416 e. The molecule has 0 saturated carbocycles. The molecular formula is C16H14BrF3N4O3S. The number of oxime groups is 1. The van der Waals surface area contributed by atoms with Crippen molar-refractivity contribution in [1.82, 2.24) is 9.71 Å². The predicted molar refractivity (Wildman–Crippen MR) is 100 cm³/mol. The zero-order valence-corrected chi connectivity index (χ0v) is 16.7. The van der Waals surface area contributed by atoms with Crippen LogP contribution >= 0.6 is 15.9 Å². The molecule has 0 amide bonds. The van der Waals surface area contributed by atoms with Crippen molar-refractivity contribution in [3.05, 3.63) is 47.7 Å². The van der Waals surface area contributed by atoms with Crippen LogP contribution in [0, 0.1) is 0 Å². The molecule has 1 aromatic heterocycles. The third-order valence-electron chi connectivity index (χ3n) is 3.93. The molecule has 0 bridgehead atoms. The Balaban J connectivity index is 1.95. The third-order valence-corrected chi connectivity index (χ3v) is 5.78. The molecule has 1 unspecified atom stereocenters. The van der Waals surface area contributed by atoms with Crippen molar-refractivity contribution in [3.63, 3.8) is 0 Å². The third kappa shape index (κ3) is 4.45. The van der Waals surface area contributed by atoms with Gasteiger partial charge in [0.15, 0.2) is 6.10 Å². The van der Waals surface area contributed by atoms with Crippen molar-refractivity contribution in [2.24, 2.45) is 5.16 Å². The maximum atomic E-state index is 12.7. The van der Waals surface area contributed by atoms with Crippen molar-refractivity contribution in [2.45, 2.75) is 23.6 Å². The van der Waals surface area contributed by atoms with E-state index in [4.69, 9.17) is 4.84 Å². The molecule has 1 aromatic carbocycles. The number of halogens is 4. The summed E-state index contributed by atoms with van der Waals surface area (Å²) in [5.41, 5.74) is -0.0310. The molecule has 2 heterocycles. The lowest BCUT2D eigenvalue weighted by Crippen LogP contribution is -2.19. The number of nitrogens with zero attached hydrogens (tertiary/aromatic N) is 2. The number of pyridine rings is 1. The first kappa shape index (κ1) is 20.6. The number of aromatic nitrogens is 1. The number of hydrogen-bond donors (Lipinski definition) is 2. The van der Waals surface area contributed by atoms with Gasteiger partial charge in [0.1, 0.15) is 15.3 Å². The highest BCUT2D eigenvalue weighted by Crippen LogP contribution is 2.36. The van der Waals surface area contributed by atoms with Gasteiger partial charge in [-0.25, -0.2) is 18.1 Å². The number of sulfonamides is 1. The Labute approximate surface area is 167 Å². The molecule has 0 fully saturated rings. The van der Waals surface area contributed by atoms with E-state index in [1.165, 1.54) is 25.2 Å². The average molecular weight is 479 g/mol. The number of hydrogen-bond acceptors (Lipinski definition) is 6. The molecule has 2 aromatic rings. The van der Waals surface area contributed by atoms with Gasteiger partial charge in [0.05, 0.1) is 5.56 Å². The molecule has 28 heavy (non-hydrogen) atoms. The van der Waals surface area contributed by atoms with Crippen LogP contribution in [0.25, 0.3) is 0 Å². The fraction of sp³-hybridized carbons (Fsp3) is 0.250. The summed E-state index contributed by atoms with van der Waals surface area (Å²) in [6.45, 7) is 0. The standard InChI is InChI=1S/C16H14BrF3N4O3S/c1-21-28(25,26)11-6-12(13-7-14(17)24-27-13)15(22-8-11)23-10-4-2-9(3-5-10)16(18,19)20/h2-6,8,13,21H,7H2,1H3,(H,22,23). The van der Waals surface area contributed by atoms with Crippen LogP contribution in [0.15, 0.2) is 46.6 Å². The molecule has 1 atom stereocenters. The van der Waals surface area contributed by atoms with Gasteiger partial charge in [0, 0.05) is 23.9 Å². The van der Waals surface area contributed by atoms with E-state index in [-0.39, 0.29) is 10.7 Å². The fourth-order valence-electron chi connectivity index (χ4n) is 2.47. The Morgan fingerprint density at radius 3 is 2.46 bits per heavy atom. The van der Waals surface area contributed by atoms with Gasteiger partial charge in [-0.1, -0.05) is 5.16 Å². The number of nitrogens with one attached hydrogen (secondary N) is 2. The van der Waals surface area contributed by atoms with Gasteiger partial charge in [-0.3, -0.25) is 0 Å². The molecule has 2 N–H and O–H groups in total. The number of rotatable bonds is 5. The van der Waals surface area contributed by atoms with Gasteiger partial charge in [-0.05, 0) is 53.3 Å². The summed E-state index contributed by atoms with van der Waals surface area (Å²) in [4.78, 5) is 9.35. The molecule has 7 nitrogen and oxygen atoms in total. The van der Waals surface area contributed by atoms with E-state index in [1.807, 2.05) is 0 Å². The van der Waals surface area contributed by atoms with E-state index in [0.717, 1.165) is 18.3 Å². The highest BCUT2D eigenvalue weighted by Gasteiger charge is 2.30. The van der Waals surface area contributed by atoms with Gasteiger partial charge < -0.3 is 10.2 Å². The number of benzene rings is 1. The summed E-state index contributed by atoms with van der Waals surface area (Å²) in [5, 5.41) is 6.68. The first-order valence-corrected chi connectivity index (χ1v) is 10.1. The smallest absolute Gasteiger partial charge is 0.386 e. The molecule has 150 valence electrons. The normalized spacial score (nSPS) is 17.2. The van der Waals surface area contributed by atoms with Crippen LogP contribution in [0.5, 0.6) is 0 Å². The lowest BCUT2D eigenvalue weighted by molar-refractivity contribution is -0.137. The highest BCUT2D eigenvalue weighted by atomic mass is 79.9. The summed E-state index contributed by atoms with van der Waals surface area (Å²) >= 11 is 3.21. The molecule has 0 spiro atoms. The van der Waals surface area contributed by atoms with Gasteiger partial charge in [0.2, 0.25) is 10.0 Å². The van der Waals surface area contributed by atoms with Crippen molar-refractivity contribution in [1.29, 1.82) is 0 Å². The van der Waals surface area contributed by atoms with Crippen LogP contribution in [0.4, 0.5) is 24.7 Å². The van der Waals surface area contributed by atoms with Crippen LogP contribution in [0.2, 0.25) is 0 Å². The maximum Gasteiger partial charge on any atom is 0.416 e. The van der Waals surface area contributed by atoms with Gasteiger partial charge in [-0.15, -0.1) is 0 Å². The topological polar surface area (TPSA) is 92.7 Å². The van der Waals surface area contributed by atoms with E-state index in [9.17, 15) is 21.6 Å². The molecule has 0 aliphatic carbocycles. The molecular weight excluding hydrogens is 465 g/mol. The minimum absolute atomic E-state index is 0.0745. The van der Waals surface area contributed by atoms with Crippen LogP contribution in [0.1, 0.15) is 23.7 Å². The summed E-state index contributed by atoms with van der Waals surface area (Å²) in [7, 11) is -2.47. The Morgan fingerprint density at radius 2 is 1.93 bits per heavy atom. The van der Waals surface area contributed by atoms with Crippen molar-refractivity contribution < 1.29 is 26.4 Å². The lowest BCUT2D eigenvalue weighted by atomic mass is 10.1. The van der Waals surface area contributed by atoms with Gasteiger partial charge in [-0.2, -0.15) is 13.2 Å². The van der Waals surface area contributed by atoms with E-state index in [2.05, 4.69) is 36.1 Å². The Bertz CT molecular complexity index is 1010. The zero-order valence-electron chi connectivity index (χ0n) is 14.3. The second-order valence-electron chi connectivity index (χ2n) is 5.78. The summed E-state index contributed by atoms with van der Waals surface area (Å²) in [5.74, 6) is 0.247. The van der Waals surface area contributed by atoms with Crippen LogP contribution < -0.4 is 10.0 Å². The van der Waals surface area contributed by atoms with Crippen molar-refractivity contribution in [2.75, 3.05) is 12.4 Å². The van der Waals surface area contributed by atoms with E-state index >= 15 is 0 Å². The van der Waals surface area contributed by atoms with Gasteiger partial charge in [0.25, 0.3) is 0 Å². The predicted octanol–water partition coefficient (Wildman–Crippen LogP) is 3.92. The average Bonchev–Trinajstić information content (AvgIpc) is 3.08. The van der Waals surface area contributed by atoms with E-state index in [1.54, 1.807) is 0 Å². The summed E-state index contributed by atoms with van der Waals surface area (Å²) < 4.78 is 65.0. The zero-order chi connectivity index (χ0) is 20.5. The first-order chi connectivity index (χ1) is 13.1. The first-order valence-electron chi connectivity index (χ1n) is 7.86. The summed E-state index contributed by atoms with van der Waals surface area (Å²) in [6, 6.07) is 5.78. The quantitative estimate of drug-likeness (QED) is 0.679. The molecule has 1 aliphatic heterocycles.